The summed E-state index contributed by atoms with van der Waals surface area (Å²) in [7, 11) is 0. The maximum atomic E-state index is 14.2. The van der Waals surface area contributed by atoms with Crippen molar-refractivity contribution in [2.45, 2.75) is 74.7 Å². The Morgan fingerprint density at radius 3 is 2.53 bits per heavy atom. The van der Waals surface area contributed by atoms with Gasteiger partial charge in [0.25, 0.3) is 0 Å². The second-order valence-corrected chi connectivity index (χ2v) is 10.6. The lowest BCUT2D eigenvalue weighted by Gasteiger charge is -2.69. The molecule has 3 N–H and O–H groups in total. The molecule has 0 aromatic heterocycles. The first-order valence-electron chi connectivity index (χ1n) is 12.0. The Morgan fingerprint density at radius 2 is 1.94 bits per heavy atom. The molecule has 1 spiro atoms. The van der Waals surface area contributed by atoms with E-state index < -0.39 is 29.2 Å². The number of carboxylic acid groups (broad SMARTS) is 1. The molecule has 0 radical (unpaired) electrons. The van der Waals surface area contributed by atoms with Crippen molar-refractivity contribution in [1.82, 2.24) is 5.32 Å². The molecule has 1 aromatic carbocycles. The zero-order valence-corrected chi connectivity index (χ0v) is 19.6. The number of nitrogens with one attached hydrogen (secondary N) is 1. The number of nitrogens with zero attached hydrogens (tertiary/aromatic N) is 1. The molecule has 36 heavy (non-hydrogen) atoms. The predicted octanol–water partition coefficient (Wildman–Crippen LogP) is 2.32. The number of aromatic hydroxyl groups is 1. The largest absolute Gasteiger partial charge is 0.633 e. The van der Waals surface area contributed by atoms with Crippen LogP contribution in [0.15, 0.2) is 12.1 Å². The highest BCUT2D eigenvalue weighted by Gasteiger charge is 2.76. The van der Waals surface area contributed by atoms with Crippen LogP contribution in [0.2, 0.25) is 0 Å². The number of hydrogen-bond acceptors (Lipinski definition) is 6. The number of phenolic OH excluding ortho intramolecular Hbond substituents is 1. The van der Waals surface area contributed by atoms with Crippen LogP contribution in [0.5, 0.6) is 11.5 Å². The van der Waals surface area contributed by atoms with Gasteiger partial charge < -0.3 is 30.1 Å². The molecular formula is C24H27F3N2O7. The van der Waals surface area contributed by atoms with Gasteiger partial charge in [0.05, 0.1) is 18.5 Å². The Bertz CT molecular complexity index is 1150. The van der Waals surface area contributed by atoms with Crippen LogP contribution in [0, 0.1) is 11.1 Å². The van der Waals surface area contributed by atoms with Gasteiger partial charge in [-0.3, -0.25) is 9.59 Å². The average molecular weight is 512 g/mol. The minimum atomic E-state index is -5.08. The summed E-state index contributed by atoms with van der Waals surface area (Å²) >= 11 is 0. The van der Waals surface area contributed by atoms with E-state index in [1.165, 1.54) is 6.92 Å². The number of Topliss-reactive ketones (excluding diaryl/α,β-unsaturated/α-hetero) is 1. The molecule has 2 saturated carbocycles. The number of quaternary nitrogens is 1. The number of hydroxylamine groups is 3. The van der Waals surface area contributed by atoms with E-state index in [1.54, 1.807) is 6.07 Å². The highest BCUT2D eigenvalue weighted by atomic mass is 19.4. The second kappa shape index (κ2) is 7.82. The standard InChI is InChI=1S/C22H26N2O5.C2HF3O2/c1-12(25)23-22-7-6-16(27)20-21(22)8-9-24(28,11-13-2-3-13)17(22)10-14-4-5-15(26)19(29-20)18(14)21;3-2(4,5)1(6)7/h4-5,13,17,20,26H,2-3,6-11H2,1H3,(H,23,25);(H,6,7)/t17-,20+,21+,22-,24?;/m1./s1. The Balaban J connectivity index is 0.000000338. The van der Waals surface area contributed by atoms with Gasteiger partial charge in [-0.15, -0.1) is 0 Å². The van der Waals surface area contributed by atoms with Gasteiger partial charge in [0.15, 0.2) is 23.4 Å². The summed E-state index contributed by atoms with van der Waals surface area (Å²) in [6, 6.07) is 3.13. The first-order valence-corrected chi connectivity index (χ1v) is 12.0. The van der Waals surface area contributed by atoms with Crippen LogP contribution in [-0.4, -0.2) is 69.5 Å². The number of carbonyl (C=O) groups excluding carboxylic acids is 2. The fraction of sp³-hybridized carbons (Fsp3) is 0.625. The van der Waals surface area contributed by atoms with Gasteiger partial charge in [-0.25, -0.2) is 4.79 Å². The maximum Gasteiger partial charge on any atom is 0.490 e. The van der Waals surface area contributed by atoms with Gasteiger partial charge in [0.2, 0.25) is 5.91 Å². The summed E-state index contributed by atoms with van der Waals surface area (Å²) in [6.45, 7) is 2.49. The number of hydrogen-bond donors (Lipinski definition) is 3. The minimum absolute atomic E-state index is 0.00117. The maximum absolute atomic E-state index is 14.2. The van der Waals surface area contributed by atoms with Crippen molar-refractivity contribution in [1.29, 1.82) is 0 Å². The van der Waals surface area contributed by atoms with Crippen LogP contribution in [-0.2, 0) is 26.2 Å². The van der Waals surface area contributed by atoms with E-state index in [4.69, 9.17) is 14.6 Å². The highest BCUT2D eigenvalue weighted by Crippen LogP contribution is 2.66. The van der Waals surface area contributed by atoms with Crippen molar-refractivity contribution >= 4 is 17.7 Å². The molecule has 5 aliphatic rings. The molecule has 1 amide bonds. The summed E-state index contributed by atoms with van der Waals surface area (Å²) < 4.78 is 37.6. The van der Waals surface area contributed by atoms with Gasteiger partial charge in [0.1, 0.15) is 11.6 Å². The van der Waals surface area contributed by atoms with Crippen molar-refractivity contribution in [3.05, 3.63) is 28.5 Å². The number of amides is 1. The summed E-state index contributed by atoms with van der Waals surface area (Å²) in [5, 5.41) is 35.1. The average Bonchev–Trinajstić information content (AvgIpc) is 3.50. The number of rotatable bonds is 3. The Kier molecular flexibility index (Phi) is 5.39. The van der Waals surface area contributed by atoms with Crippen LogP contribution >= 0.6 is 0 Å². The van der Waals surface area contributed by atoms with E-state index in [9.17, 15) is 33.1 Å². The number of piperidine rings is 1. The van der Waals surface area contributed by atoms with Gasteiger partial charge >= 0.3 is 12.1 Å². The topological polar surface area (TPSA) is 136 Å². The fourth-order valence-electron chi connectivity index (χ4n) is 7.16. The van der Waals surface area contributed by atoms with Crippen LogP contribution in [0.4, 0.5) is 13.2 Å². The smallest absolute Gasteiger partial charge is 0.490 e. The fourth-order valence-corrected chi connectivity index (χ4v) is 7.16. The van der Waals surface area contributed by atoms with Crippen molar-refractivity contribution < 1.29 is 47.2 Å². The van der Waals surface area contributed by atoms with Crippen molar-refractivity contribution in [3.8, 4) is 11.5 Å². The predicted molar refractivity (Wildman–Crippen MR) is 117 cm³/mol. The summed E-state index contributed by atoms with van der Waals surface area (Å²) in [5.41, 5.74) is 0.252. The molecule has 2 aliphatic heterocycles. The number of carboxylic acids is 1. The highest BCUT2D eigenvalue weighted by molar-refractivity contribution is 5.91. The number of likely N-dealkylation sites (tertiary alicyclic amines) is 1. The number of ketones is 1. The number of phenols is 1. The zero-order valence-electron chi connectivity index (χ0n) is 19.6. The van der Waals surface area contributed by atoms with E-state index in [2.05, 4.69) is 5.32 Å². The van der Waals surface area contributed by atoms with Crippen molar-refractivity contribution in [2.24, 2.45) is 5.92 Å². The molecule has 3 aliphatic carbocycles. The third-order valence-electron chi connectivity index (χ3n) is 8.55. The number of aliphatic carboxylic acids is 1. The molecular weight excluding hydrogens is 485 g/mol. The normalized spacial score (nSPS) is 35.6. The first kappa shape index (κ1) is 24.8. The molecule has 5 atom stereocenters. The number of benzene rings is 1. The molecule has 6 rings (SSSR count). The van der Waals surface area contributed by atoms with Crippen LogP contribution < -0.4 is 10.1 Å². The molecule has 1 aromatic rings. The van der Waals surface area contributed by atoms with Gasteiger partial charge in [-0.2, -0.15) is 13.2 Å². The third kappa shape index (κ3) is 3.41. The monoisotopic (exact) mass is 512 g/mol. The lowest BCUT2D eigenvalue weighted by atomic mass is 9.47. The minimum Gasteiger partial charge on any atom is -0.633 e. The van der Waals surface area contributed by atoms with Gasteiger partial charge in [0, 0.05) is 37.7 Å². The van der Waals surface area contributed by atoms with Crippen molar-refractivity contribution in [2.75, 3.05) is 13.1 Å². The number of carbonyl (C=O) groups is 3. The Labute approximate surface area is 204 Å². The molecule has 1 saturated heterocycles. The van der Waals surface area contributed by atoms with Gasteiger partial charge in [-0.1, -0.05) is 6.07 Å². The Morgan fingerprint density at radius 1 is 1.28 bits per heavy atom. The van der Waals surface area contributed by atoms with Crippen LogP contribution in [0.25, 0.3) is 0 Å². The first-order chi connectivity index (χ1) is 16.7. The van der Waals surface area contributed by atoms with E-state index >= 15 is 0 Å². The van der Waals surface area contributed by atoms with E-state index in [-0.39, 0.29) is 34.5 Å². The second-order valence-electron chi connectivity index (χ2n) is 10.6. The van der Waals surface area contributed by atoms with E-state index in [1.807, 2.05) is 6.07 Å². The zero-order chi connectivity index (χ0) is 26.3. The molecule has 2 bridgehead atoms. The van der Waals surface area contributed by atoms with Crippen molar-refractivity contribution in [3.63, 3.8) is 0 Å². The number of halogens is 3. The molecule has 196 valence electrons. The van der Waals surface area contributed by atoms with E-state index in [0.717, 1.165) is 24.0 Å². The van der Waals surface area contributed by atoms with Gasteiger partial charge in [-0.05, 0) is 30.9 Å². The third-order valence-corrected chi connectivity index (χ3v) is 8.55. The molecule has 9 nitrogen and oxygen atoms in total. The van der Waals surface area contributed by atoms with E-state index in [0.29, 0.717) is 44.0 Å². The Hall–Kier alpha value is -2.86. The number of ether oxygens (including phenoxy) is 1. The summed E-state index contributed by atoms with van der Waals surface area (Å²) in [5.74, 6) is -2.06. The lowest BCUT2D eigenvalue weighted by Crippen LogP contribution is -2.84. The summed E-state index contributed by atoms with van der Waals surface area (Å²) in [6.07, 6.45) is -1.88. The molecule has 2 heterocycles. The molecule has 1 unspecified atom stereocenters. The molecule has 3 fully saturated rings. The quantitative estimate of drug-likeness (QED) is 0.418. The van der Waals surface area contributed by atoms with Crippen LogP contribution in [0.3, 0.4) is 0 Å². The lowest BCUT2D eigenvalue weighted by molar-refractivity contribution is -0.920. The number of alkyl halides is 3. The SMILES string of the molecule is CC(=O)N[C@@]12CCC(=O)[C@@H]3Oc4c(O)ccc5c4[C@@]31CC[N+]([O-])(CC1CC1)[C@@H]2C5.O=C(O)C(F)(F)F. The summed E-state index contributed by atoms with van der Waals surface area (Å²) in [4.78, 5) is 34.3. The van der Waals surface area contributed by atoms with Crippen LogP contribution in [0.1, 0.15) is 50.2 Å². The molecule has 12 heteroatoms.